The minimum atomic E-state index is -2.38. The molecule has 0 spiro atoms. The second-order valence-corrected chi connectivity index (χ2v) is 27.0. The number of fused-ring (bicyclic) bond motifs is 6. The molecule has 1 radical (unpaired) electrons. The first kappa shape index (κ1) is 32.1. The molecule has 10 rings (SSSR count). The minimum Gasteiger partial charge on any atom is 0 e. The van der Waals surface area contributed by atoms with Crippen molar-refractivity contribution in [3.63, 3.8) is 0 Å². The van der Waals surface area contributed by atoms with Crippen LogP contribution in [0, 0.1) is 42.7 Å². The number of benzene rings is 3. The molecule has 0 N–H and O–H groups in total. The average molecular weight is 984 g/mol. The number of hydrogen-bond acceptors (Lipinski definition) is 4. The summed E-state index contributed by atoms with van der Waals surface area (Å²) in [5.74, 6) is 7.79. The first-order valence-corrected chi connectivity index (χ1v) is 27.0. The van der Waals surface area contributed by atoms with Crippen molar-refractivity contribution in [2.24, 2.45) is 23.7 Å². The summed E-state index contributed by atoms with van der Waals surface area (Å²) in [5.41, 5.74) is 6.63. The van der Waals surface area contributed by atoms with Crippen molar-refractivity contribution in [2.75, 3.05) is 0 Å². The fourth-order valence-electron chi connectivity index (χ4n) is 8.27. The number of hydrogen-bond donors (Lipinski definition) is 0. The fraction of sp³-hybridized carbons (Fsp3) is 0.340. The predicted octanol–water partition coefficient (Wildman–Crippen LogP) is 12.5. The van der Waals surface area contributed by atoms with E-state index in [-0.39, 0.29) is 37.5 Å². The maximum absolute atomic E-state index is 9.17. The molecular formula is C50H53GeIrN3O-2. The molecule has 0 amide bonds. The van der Waals surface area contributed by atoms with Gasteiger partial charge in [-0.1, -0.05) is 72.6 Å². The first-order chi connectivity index (χ1) is 29.3. The molecule has 3 fully saturated rings. The number of aryl methyl sites for hydroxylation is 1. The third kappa shape index (κ3) is 8.81. The van der Waals surface area contributed by atoms with Crippen molar-refractivity contribution in [3.8, 4) is 33.8 Å². The van der Waals surface area contributed by atoms with Gasteiger partial charge in [-0.05, 0) is 67.3 Å². The first-order valence-electron chi connectivity index (χ1n) is 23.1. The van der Waals surface area contributed by atoms with Gasteiger partial charge in [-0.2, -0.15) is 0 Å². The van der Waals surface area contributed by atoms with E-state index < -0.39 is 32.9 Å². The summed E-state index contributed by atoms with van der Waals surface area (Å²) in [7, 11) is 0. The Balaban J connectivity index is 0.000000221. The van der Waals surface area contributed by atoms with Crippen LogP contribution in [-0.4, -0.2) is 28.2 Å². The molecule has 7 aromatic rings. The van der Waals surface area contributed by atoms with Crippen LogP contribution in [0.2, 0.25) is 17.3 Å². The van der Waals surface area contributed by atoms with Crippen LogP contribution in [0.25, 0.3) is 55.8 Å². The van der Waals surface area contributed by atoms with Crippen LogP contribution in [0.4, 0.5) is 0 Å². The molecule has 3 aromatic carbocycles. The minimum absolute atomic E-state index is 0. The standard InChI is InChI=1S/C32H29N2O.C18H24GeN.Ir/c1-20-7-12-26(29-19-22(15-16-33-29)18-25-17-21-8-10-23(25)11-9-21)31-30(20)27-13-14-28(34-32(27)35-31)24-5-3-2-4-6-24;1-14(2)11-16-12-18(15-9-7-6-8-10-15)20-13-17(16)19(3,4)5;/h2-7,13-16,19,21,23,25H,8-11,17-18H2,1H3;6-9,12-14H,11H2,1-5H3;/q2*-1;/i1D3,18D2;11D2;. The van der Waals surface area contributed by atoms with Gasteiger partial charge in [0.05, 0.1) is 11.3 Å². The maximum Gasteiger partial charge on any atom is 0 e. The van der Waals surface area contributed by atoms with Crippen molar-refractivity contribution in [1.29, 1.82) is 0 Å². The van der Waals surface area contributed by atoms with E-state index in [1.54, 1.807) is 18.3 Å². The zero-order valence-corrected chi connectivity index (χ0v) is 37.2. The molecule has 1 atom stereocenters. The second kappa shape index (κ2) is 17.3. The molecule has 4 aromatic heterocycles. The molecule has 2 bridgehead atoms. The Morgan fingerprint density at radius 2 is 1.70 bits per heavy atom. The number of aromatic nitrogens is 3. The number of rotatable bonds is 8. The molecule has 0 aliphatic heterocycles. The van der Waals surface area contributed by atoms with Crippen molar-refractivity contribution < 1.29 is 34.1 Å². The van der Waals surface area contributed by atoms with Crippen LogP contribution >= 0.6 is 0 Å². The van der Waals surface area contributed by atoms with Gasteiger partial charge < -0.3 is 9.40 Å². The van der Waals surface area contributed by atoms with Crippen LogP contribution in [-0.2, 0) is 32.9 Å². The van der Waals surface area contributed by atoms with Crippen molar-refractivity contribution >= 4 is 39.7 Å². The van der Waals surface area contributed by atoms with Gasteiger partial charge in [0.2, 0.25) is 5.71 Å². The van der Waals surface area contributed by atoms with Gasteiger partial charge in [0.25, 0.3) is 0 Å². The normalized spacial score (nSPS) is 20.4. The van der Waals surface area contributed by atoms with E-state index in [0.29, 0.717) is 50.7 Å². The largest absolute Gasteiger partial charge is 0 e. The summed E-state index contributed by atoms with van der Waals surface area (Å²) < 4.78 is 67.4. The Kier molecular flexibility index (Phi) is 9.92. The van der Waals surface area contributed by atoms with E-state index in [4.69, 9.17) is 19.0 Å². The monoisotopic (exact) mass is 985 g/mol. The summed E-state index contributed by atoms with van der Waals surface area (Å²) in [6, 6.07) is 34.5. The number of pyridine rings is 3. The number of nitrogens with zero attached hydrogens (tertiary/aromatic N) is 3. The van der Waals surface area contributed by atoms with Gasteiger partial charge in [-0.3, -0.25) is 0 Å². The Labute approximate surface area is 359 Å². The molecule has 1 unspecified atom stereocenters. The van der Waals surface area contributed by atoms with E-state index >= 15 is 0 Å². The zero-order valence-electron chi connectivity index (χ0n) is 39.7. The van der Waals surface area contributed by atoms with Gasteiger partial charge in [-0.25, -0.2) is 4.98 Å². The summed E-state index contributed by atoms with van der Waals surface area (Å²) in [6.45, 7) is 1.50. The van der Waals surface area contributed by atoms with Crippen LogP contribution in [0.3, 0.4) is 0 Å². The topological polar surface area (TPSA) is 51.8 Å². The van der Waals surface area contributed by atoms with Gasteiger partial charge >= 0.3 is 128 Å². The van der Waals surface area contributed by atoms with Gasteiger partial charge in [0.15, 0.2) is 0 Å². The SMILES string of the molecule is [2H]C([2H])([2H])c1c[c-]c(-c2cc(C([2H])([2H])C3CC4CCC3CC4)ccn2)c2oc3nc(-c4ccccc4)ccc3c12.[2H]C([2H])(c1cc(-c2[c-]cccc2)nc[c]1[Ge]([CH3])([CH3])[CH3])C(C)C.[Ir]. The van der Waals surface area contributed by atoms with Crippen molar-refractivity contribution in [1.82, 2.24) is 15.0 Å². The van der Waals surface area contributed by atoms with E-state index in [1.165, 1.54) is 18.9 Å². The van der Waals surface area contributed by atoms with Crippen molar-refractivity contribution in [3.05, 3.63) is 132 Å². The molecular weight excluding hydrogens is 923 g/mol. The average Bonchev–Trinajstić information content (AvgIpc) is 3.65. The summed E-state index contributed by atoms with van der Waals surface area (Å²) in [4.78, 5) is 13.9. The van der Waals surface area contributed by atoms with E-state index in [9.17, 15) is 0 Å². The molecule has 3 saturated carbocycles. The van der Waals surface area contributed by atoms with Gasteiger partial charge in [0.1, 0.15) is 0 Å². The van der Waals surface area contributed by atoms with Crippen LogP contribution in [0.15, 0.2) is 108 Å². The molecule has 6 heteroatoms. The smallest absolute Gasteiger partial charge is 0 e. The van der Waals surface area contributed by atoms with Crippen LogP contribution < -0.4 is 4.40 Å². The Morgan fingerprint density at radius 3 is 2.39 bits per heavy atom. The zero-order chi connectivity index (χ0) is 44.2. The number of furan rings is 1. The Bertz CT molecular complexity index is 2710. The quantitative estimate of drug-likeness (QED) is 0.112. The molecule has 3 aliphatic rings. The van der Waals surface area contributed by atoms with Gasteiger partial charge in [-0.15, -0.1) is 17.7 Å². The van der Waals surface area contributed by atoms with Crippen LogP contribution in [0.5, 0.6) is 0 Å². The Hall–Kier alpha value is -3.90. The van der Waals surface area contributed by atoms with E-state index in [0.717, 1.165) is 51.7 Å². The third-order valence-corrected chi connectivity index (χ3v) is 15.3. The summed E-state index contributed by atoms with van der Waals surface area (Å²) in [5, 5.41) is 1.08. The molecule has 56 heavy (non-hydrogen) atoms. The predicted molar refractivity (Wildman–Crippen MR) is 231 cm³/mol. The maximum atomic E-state index is 9.17. The molecule has 289 valence electrons. The summed E-state index contributed by atoms with van der Waals surface area (Å²) >= 11 is -2.20. The fourth-order valence-corrected chi connectivity index (χ4v) is 11.2. The van der Waals surface area contributed by atoms with E-state index in [2.05, 4.69) is 39.4 Å². The van der Waals surface area contributed by atoms with Crippen molar-refractivity contribution in [2.45, 2.75) is 82.8 Å². The Morgan fingerprint density at radius 1 is 0.893 bits per heavy atom. The van der Waals surface area contributed by atoms with E-state index in [1.807, 2.05) is 92.8 Å². The van der Waals surface area contributed by atoms with Gasteiger partial charge in [0, 0.05) is 44.1 Å². The second-order valence-electron chi connectivity index (χ2n) is 16.4. The molecule has 3 aliphatic carbocycles. The summed E-state index contributed by atoms with van der Waals surface area (Å²) in [6.07, 6.45) is 6.28. The third-order valence-electron chi connectivity index (χ3n) is 11.0. The molecule has 4 heterocycles. The molecule has 4 nitrogen and oxygen atoms in total. The van der Waals surface area contributed by atoms with Crippen LogP contribution in [0.1, 0.15) is 72.2 Å². The molecule has 0 saturated heterocycles.